The Kier molecular flexibility index (Phi) is 5.20. The summed E-state index contributed by atoms with van der Waals surface area (Å²) in [5.74, 6) is -12.8. The average molecular weight is 329 g/mol. The highest BCUT2D eigenvalue weighted by atomic mass is 28.4. The van der Waals surface area contributed by atoms with E-state index >= 15 is 0 Å². The van der Waals surface area contributed by atoms with Crippen LogP contribution in [0, 0.1) is 29.1 Å². The van der Waals surface area contributed by atoms with E-state index in [4.69, 9.17) is 14.6 Å². The molecule has 0 amide bonds. The van der Waals surface area contributed by atoms with Crippen LogP contribution in [0.4, 0.5) is 22.0 Å². The highest BCUT2D eigenvalue weighted by molar-refractivity contribution is 6.71. The Balaban J connectivity index is 3.45. The minimum absolute atomic E-state index is 1.15. The standard InChI is InChI=1S/C11H12F5NO3Si/c1-19-21(3,20-2)11(17)10(18)4-5(12)7(14)9(16)8(15)6(4)13/h11H,17H2,1-3H3. The van der Waals surface area contributed by atoms with Gasteiger partial charge in [-0.2, -0.15) is 0 Å². The van der Waals surface area contributed by atoms with Crippen molar-refractivity contribution in [2.24, 2.45) is 5.73 Å². The molecule has 0 saturated carbocycles. The van der Waals surface area contributed by atoms with Crippen molar-refractivity contribution < 1.29 is 35.6 Å². The maximum absolute atomic E-state index is 13.5. The van der Waals surface area contributed by atoms with Crippen molar-refractivity contribution >= 4 is 14.3 Å². The Morgan fingerprint density at radius 1 is 0.952 bits per heavy atom. The third-order valence-electron chi connectivity index (χ3n) is 3.11. The average Bonchev–Trinajstić information content (AvgIpc) is 2.49. The molecule has 1 atom stereocenters. The van der Waals surface area contributed by atoms with E-state index in [-0.39, 0.29) is 0 Å². The summed E-state index contributed by atoms with van der Waals surface area (Å²) in [6.45, 7) is 1.31. The van der Waals surface area contributed by atoms with Crippen molar-refractivity contribution in [2.45, 2.75) is 12.2 Å². The highest BCUT2D eigenvalue weighted by Gasteiger charge is 2.44. The number of carbonyl (C=O) groups is 1. The predicted molar refractivity (Wildman–Crippen MR) is 64.2 cm³/mol. The number of ketones is 1. The number of carbonyl (C=O) groups excluding carboxylic acids is 1. The fraction of sp³-hybridized carbons (Fsp3) is 0.364. The van der Waals surface area contributed by atoms with Crippen LogP contribution in [0.25, 0.3) is 0 Å². The molecule has 1 rings (SSSR count). The van der Waals surface area contributed by atoms with Gasteiger partial charge in [-0.25, -0.2) is 22.0 Å². The predicted octanol–water partition coefficient (Wildman–Crippen LogP) is 1.80. The lowest BCUT2D eigenvalue weighted by molar-refractivity contribution is 0.0950. The molecule has 118 valence electrons. The SMILES string of the molecule is CO[Si](C)(OC)C(N)C(=O)c1c(F)c(F)c(F)c(F)c1F. The number of hydrogen-bond acceptors (Lipinski definition) is 4. The molecule has 1 aromatic rings. The second kappa shape index (κ2) is 6.18. The van der Waals surface area contributed by atoms with Crippen LogP contribution in [0.15, 0.2) is 0 Å². The first-order chi connectivity index (χ1) is 9.62. The first-order valence-corrected chi connectivity index (χ1v) is 7.93. The van der Waals surface area contributed by atoms with Crippen molar-refractivity contribution in [3.05, 3.63) is 34.6 Å². The second-order valence-electron chi connectivity index (χ2n) is 4.21. The molecule has 1 aromatic carbocycles. The summed E-state index contributed by atoms with van der Waals surface area (Å²) in [7, 11) is -1.08. The van der Waals surface area contributed by atoms with Gasteiger partial charge in [-0.15, -0.1) is 0 Å². The lowest BCUT2D eigenvalue weighted by atomic mass is 10.1. The van der Waals surface area contributed by atoms with Crippen LogP contribution in [0.3, 0.4) is 0 Å². The Hall–Kier alpha value is -1.36. The van der Waals surface area contributed by atoms with E-state index in [1.165, 1.54) is 6.55 Å². The highest BCUT2D eigenvalue weighted by Crippen LogP contribution is 2.25. The number of hydrogen-bond donors (Lipinski definition) is 1. The zero-order chi connectivity index (χ0) is 16.5. The Labute approximate surface area is 117 Å². The van der Waals surface area contributed by atoms with Gasteiger partial charge >= 0.3 is 8.56 Å². The molecule has 0 aliphatic heterocycles. The summed E-state index contributed by atoms with van der Waals surface area (Å²) in [4.78, 5) is 12.0. The molecular weight excluding hydrogens is 317 g/mol. The topological polar surface area (TPSA) is 61.6 Å². The van der Waals surface area contributed by atoms with Crippen LogP contribution in [0.1, 0.15) is 10.4 Å². The largest absolute Gasteiger partial charge is 0.397 e. The summed E-state index contributed by atoms with van der Waals surface area (Å²) >= 11 is 0. The van der Waals surface area contributed by atoms with Gasteiger partial charge in [-0.1, -0.05) is 0 Å². The minimum atomic E-state index is -3.38. The van der Waals surface area contributed by atoms with E-state index < -0.39 is 54.7 Å². The van der Waals surface area contributed by atoms with Crippen molar-refractivity contribution in [3.8, 4) is 0 Å². The van der Waals surface area contributed by atoms with Gasteiger partial charge in [0.05, 0.1) is 5.56 Å². The molecule has 0 saturated heterocycles. The molecule has 21 heavy (non-hydrogen) atoms. The van der Waals surface area contributed by atoms with Crippen LogP contribution >= 0.6 is 0 Å². The molecule has 0 bridgehead atoms. The van der Waals surface area contributed by atoms with Gasteiger partial charge in [0.1, 0.15) is 5.67 Å². The molecule has 0 aliphatic rings. The van der Waals surface area contributed by atoms with E-state index in [0.29, 0.717) is 0 Å². The first-order valence-electron chi connectivity index (χ1n) is 5.53. The van der Waals surface area contributed by atoms with E-state index in [1.54, 1.807) is 0 Å². The van der Waals surface area contributed by atoms with Gasteiger partial charge in [0, 0.05) is 14.2 Å². The summed E-state index contributed by atoms with van der Waals surface area (Å²) in [6.07, 6.45) is 0. The molecule has 0 fully saturated rings. The van der Waals surface area contributed by atoms with Crippen LogP contribution in [0.5, 0.6) is 0 Å². The molecule has 0 heterocycles. The van der Waals surface area contributed by atoms with Crippen LogP contribution in [-0.4, -0.2) is 34.2 Å². The van der Waals surface area contributed by atoms with E-state index in [2.05, 4.69) is 0 Å². The number of Topliss-reactive ketones (excluding diaryl/α,β-unsaturated/α-hetero) is 1. The normalized spacial score (nSPS) is 13.4. The van der Waals surface area contributed by atoms with Gasteiger partial charge in [-0.05, 0) is 6.55 Å². The molecule has 10 heteroatoms. The maximum atomic E-state index is 13.5. The van der Waals surface area contributed by atoms with Gasteiger partial charge in [0.15, 0.2) is 29.1 Å². The molecule has 0 aromatic heterocycles. The third-order valence-corrected chi connectivity index (χ3v) is 6.13. The minimum Gasteiger partial charge on any atom is -0.397 e. The number of halogens is 5. The molecule has 2 N–H and O–H groups in total. The molecule has 0 spiro atoms. The van der Waals surface area contributed by atoms with Gasteiger partial charge in [-0.3, -0.25) is 4.79 Å². The summed E-state index contributed by atoms with van der Waals surface area (Å²) in [6, 6.07) is 0. The fourth-order valence-corrected chi connectivity index (χ4v) is 2.85. The number of benzene rings is 1. The Morgan fingerprint density at radius 3 is 1.62 bits per heavy atom. The smallest absolute Gasteiger partial charge is 0.359 e. The van der Waals surface area contributed by atoms with Crippen LogP contribution in [0.2, 0.25) is 6.55 Å². The van der Waals surface area contributed by atoms with Crippen LogP contribution in [-0.2, 0) is 8.85 Å². The Morgan fingerprint density at radius 2 is 1.29 bits per heavy atom. The molecule has 1 unspecified atom stereocenters. The number of nitrogens with two attached hydrogens (primary N) is 1. The van der Waals surface area contributed by atoms with Gasteiger partial charge in [0.25, 0.3) is 0 Å². The third kappa shape index (κ3) is 2.84. The first kappa shape index (κ1) is 17.7. The zero-order valence-electron chi connectivity index (χ0n) is 11.3. The maximum Gasteiger partial charge on any atom is 0.359 e. The molecule has 0 radical (unpaired) electrons. The Bertz CT molecular complexity index is 550. The van der Waals surface area contributed by atoms with Gasteiger partial charge < -0.3 is 14.6 Å². The summed E-state index contributed by atoms with van der Waals surface area (Å²) < 4.78 is 76.0. The molecule has 4 nitrogen and oxygen atoms in total. The lowest BCUT2D eigenvalue weighted by Crippen LogP contribution is -2.58. The van der Waals surface area contributed by atoms with Crippen molar-refractivity contribution in [3.63, 3.8) is 0 Å². The van der Waals surface area contributed by atoms with Crippen LogP contribution < -0.4 is 5.73 Å². The van der Waals surface area contributed by atoms with E-state index in [1.807, 2.05) is 0 Å². The van der Waals surface area contributed by atoms with Crippen molar-refractivity contribution in [1.82, 2.24) is 0 Å². The second-order valence-corrected chi connectivity index (χ2v) is 7.68. The van der Waals surface area contributed by atoms with Gasteiger partial charge in [0.2, 0.25) is 5.82 Å². The van der Waals surface area contributed by atoms with E-state index in [0.717, 1.165) is 14.2 Å². The van der Waals surface area contributed by atoms with E-state index in [9.17, 15) is 26.7 Å². The monoisotopic (exact) mass is 329 g/mol. The quantitative estimate of drug-likeness (QED) is 0.294. The van der Waals surface area contributed by atoms with Crippen molar-refractivity contribution in [1.29, 1.82) is 0 Å². The zero-order valence-corrected chi connectivity index (χ0v) is 12.3. The molecule has 0 aliphatic carbocycles. The lowest BCUT2D eigenvalue weighted by Gasteiger charge is -2.28. The summed E-state index contributed by atoms with van der Waals surface area (Å²) in [5, 5.41) is 0. The molecular formula is C11H12F5NO3Si. The summed E-state index contributed by atoms with van der Waals surface area (Å²) in [5.41, 5.74) is 2.23. The number of rotatable bonds is 5. The fourth-order valence-electron chi connectivity index (χ4n) is 1.55. The van der Waals surface area contributed by atoms with Crippen molar-refractivity contribution in [2.75, 3.05) is 14.2 Å².